The molecule has 0 saturated carbocycles. The van der Waals surface area contributed by atoms with Crippen LogP contribution in [-0.4, -0.2) is 19.8 Å². The Kier molecular flexibility index (Phi) is 54.5. The molecular weight excluding hydrogens is 1580 g/mol. The minimum absolute atomic E-state index is 0.0690. The highest BCUT2D eigenvalue weighted by atomic mass is 31.2. The molecule has 12 heteroatoms. The second-order valence-corrected chi connectivity index (χ2v) is 43.0. The van der Waals surface area contributed by atoms with Gasteiger partial charge in [-0.3, -0.25) is 4.52 Å². The SMILES string of the molecule is CCCCCCCCCCCOP(OCCCCCCCCCCC)Oc1cc(C)c(C(CC(C)c2cc(C(C)(C)C)c(OP(Oc3ccc(CCCCCCCC)cc3)Oc3ccc(CCCCCCCC)cc3)cc2C)c2cc(C(C)(C)C)c(OP(OCCCCCCCCCCC)Oc3ccc(CCCCCCCC)cc3)cc2C)cc1C(C)(C)C. The molecule has 3 atom stereocenters. The van der Waals surface area contributed by atoms with Crippen LogP contribution in [0.1, 0.15) is 485 Å². The van der Waals surface area contributed by atoms with Gasteiger partial charge in [0.25, 0.3) is 0 Å². The van der Waals surface area contributed by atoms with E-state index < -0.39 is 25.8 Å². The van der Waals surface area contributed by atoms with E-state index in [0.29, 0.717) is 19.8 Å². The van der Waals surface area contributed by atoms with E-state index in [1.54, 1.807) is 0 Å². The number of unbranched alkanes of at least 4 members (excludes halogenated alkanes) is 39. The van der Waals surface area contributed by atoms with Gasteiger partial charge in [-0.05, 0) is 212 Å². The highest BCUT2D eigenvalue weighted by Gasteiger charge is 2.35. The number of hydrogen-bond donors (Lipinski definition) is 0. The first-order valence-electron chi connectivity index (χ1n) is 51.0. The summed E-state index contributed by atoms with van der Waals surface area (Å²) in [4.78, 5) is 0. The van der Waals surface area contributed by atoms with E-state index in [1.807, 2.05) is 0 Å². The first kappa shape index (κ1) is 108. The van der Waals surface area contributed by atoms with Gasteiger partial charge < -0.3 is 36.2 Å². The zero-order chi connectivity index (χ0) is 89.6. The molecule has 0 aliphatic carbocycles. The van der Waals surface area contributed by atoms with Gasteiger partial charge in [0.15, 0.2) is 0 Å². The summed E-state index contributed by atoms with van der Waals surface area (Å²) in [5.74, 6) is 4.68. The molecule has 124 heavy (non-hydrogen) atoms. The molecule has 0 N–H and O–H groups in total. The molecule has 0 saturated heterocycles. The average molecular weight is 1760 g/mol. The minimum atomic E-state index is -1.97. The van der Waals surface area contributed by atoms with Crippen molar-refractivity contribution in [3.63, 3.8) is 0 Å². The molecule has 6 aromatic carbocycles. The molecular formula is C112H181O9P3. The number of rotatable bonds is 71. The predicted molar refractivity (Wildman–Crippen MR) is 539 cm³/mol. The van der Waals surface area contributed by atoms with Gasteiger partial charge in [-0.1, -0.05) is 416 Å². The fourth-order valence-corrected chi connectivity index (χ4v) is 20.2. The summed E-state index contributed by atoms with van der Waals surface area (Å²) >= 11 is 0. The summed E-state index contributed by atoms with van der Waals surface area (Å²) in [6.45, 7) is 45.8. The molecule has 0 amide bonds. The Morgan fingerprint density at radius 3 is 0.758 bits per heavy atom. The lowest BCUT2D eigenvalue weighted by Crippen LogP contribution is -2.19. The molecule has 6 rings (SSSR count). The molecule has 0 spiro atoms. The molecule has 0 bridgehead atoms. The van der Waals surface area contributed by atoms with Crippen LogP contribution in [0.4, 0.5) is 0 Å². The maximum Gasteiger partial charge on any atom is 0.530 e. The first-order valence-corrected chi connectivity index (χ1v) is 54.3. The number of aryl methyl sites for hydroxylation is 6. The summed E-state index contributed by atoms with van der Waals surface area (Å²) in [6, 6.07) is 40.4. The van der Waals surface area contributed by atoms with Crippen LogP contribution in [0.5, 0.6) is 34.5 Å². The van der Waals surface area contributed by atoms with Gasteiger partial charge in [0.05, 0.1) is 19.8 Å². The summed E-state index contributed by atoms with van der Waals surface area (Å²) in [6.07, 6.45) is 60.8. The third-order valence-electron chi connectivity index (χ3n) is 25.0. The van der Waals surface area contributed by atoms with Crippen LogP contribution in [0.25, 0.3) is 0 Å². The molecule has 0 radical (unpaired) electrons. The van der Waals surface area contributed by atoms with Gasteiger partial charge in [-0.15, -0.1) is 0 Å². The molecule has 6 aromatic rings. The third kappa shape index (κ3) is 43.3. The maximum atomic E-state index is 7.33. The van der Waals surface area contributed by atoms with Crippen molar-refractivity contribution in [1.82, 2.24) is 0 Å². The second-order valence-electron chi connectivity index (χ2n) is 39.7. The standard InChI is InChI=1S/C112H181O9P3/c1-20-26-32-38-44-47-50-56-62-80-113-122(114-81-63-57-51-48-45-39-33-27-21-2)119-107-85-92(9)101(88-105(107)111(14,15)16)103(102-89-106(112(17,18)19)108(86-93(102)10)120-123(115-82-64-58-52-49-46-40-34-28-22-3)116-97-74-68-94(69-75-97)65-59-53-41-35-29-23-4)83-90(7)100-87-104(110(11,12)13)109(84-91(100)8)121-124(117-98-76-70-95(71-77-98)66-60-54-42-36-30-24-5)118-99-78-72-96(73-79-99)67-61-55-43-37-31-25-6/h68-79,84-90,103H,20-67,80-83H2,1-19H3. The maximum absolute atomic E-state index is 7.33. The monoisotopic (exact) mass is 1760 g/mol. The fraction of sp³-hybridized carbons (Fsp3) is 0.679. The van der Waals surface area contributed by atoms with Crippen LogP contribution in [0, 0.1) is 20.8 Å². The van der Waals surface area contributed by atoms with E-state index in [0.717, 1.165) is 127 Å². The van der Waals surface area contributed by atoms with Crippen LogP contribution in [-0.2, 0) is 49.1 Å². The molecule has 9 nitrogen and oxygen atoms in total. The van der Waals surface area contributed by atoms with Crippen molar-refractivity contribution < 1.29 is 40.7 Å². The fourth-order valence-electron chi connectivity index (χ4n) is 17.1. The normalized spacial score (nSPS) is 12.8. The summed E-state index contributed by atoms with van der Waals surface area (Å²) in [5.41, 5.74) is 13.8. The Labute approximate surface area is 766 Å². The average Bonchev–Trinajstić information content (AvgIpc) is 1.12. The molecule has 3 unspecified atom stereocenters. The van der Waals surface area contributed by atoms with Crippen molar-refractivity contribution in [3.05, 3.63) is 176 Å². The van der Waals surface area contributed by atoms with Crippen molar-refractivity contribution in [2.75, 3.05) is 19.8 Å². The lowest BCUT2D eigenvalue weighted by molar-refractivity contribution is 0.197. The lowest BCUT2D eigenvalue weighted by Gasteiger charge is -2.33. The van der Waals surface area contributed by atoms with Crippen molar-refractivity contribution in [2.24, 2.45) is 0 Å². The predicted octanol–water partition coefficient (Wildman–Crippen LogP) is 38.2. The van der Waals surface area contributed by atoms with Gasteiger partial charge in [-0.2, -0.15) is 0 Å². The Morgan fingerprint density at radius 2 is 0.476 bits per heavy atom. The molecule has 0 heterocycles. The smallest absolute Gasteiger partial charge is 0.426 e. The van der Waals surface area contributed by atoms with Crippen molar-refractivity contribution in [1.29, 1.82) is 0 Å². The van der Waals surface area contributed by atoms with Gasteiger partial charge in [0.1, 0.15) is 34.5 Å². The van der Waals surface area contributed by atoms with Gasteiger partial charge in [-0.25, -0.2) is 0 Å². The lowest BCUT2D eigenvalue weighted by atomic mass is 9.74. The molecule has 0 fully saturated rings. The molecule has 0 aromatic heterocycles. The van der Waals surface area contributed by atoms with E-state index >= 15 is 0 Å². The molecule has 698 valence electrons. The Hall–Kier alpha value is -4.71. The summed E-state index contributed by atoms with van der Waals surface area (Å²) in [7, 11) is -5.49. The Morgan fingerprint density at radius 1 is 0.250 bits per heavy atom. The zero-order valence-electron chi connectivity index (χ0n) is 82.8. The first-order chi connectivity index (χ1) is 59.9. The summed E-state index contributed by atoms with van der Waals surface area (Å²) < 4.78 is 63.2. The highest BCUT2D eigenvalue weighted by Crippen LogP contribution is 2.53. The number of hydrogen-bond acceptors (Lipinski definition) is 9. The van der Waals surface area contributed by atoms with E-state index in [9.17, 15) is 0 Å². The highest BCUT2D eigenvalue weighted by molar-refractivity contribution is 7.43. The van der Waals surface area contributed by atoms with Crippen LogP contribution < -0.4 is 27.1 Å². The minimum Gasteiger partial charge on any atom is -0.426 e. The quantitative estimate of drug-likeness (QED) is 0.0274. The van der Waals surface area contributed by atoms with Crippen molar-refractivity contribution >= 4 is 25.8 Å². The Bertz CT molecular complexity index is 3640. The summed E-state index contributed by atoms with van der Waals surface area (Å²) in [5, 5.41) is 0. The van der Waals surface area contributed by atoms with Gasteiger partial charge in [0.2, 0.25) is 0 Å². The Balaban J connectivity index is 1.45. The van der Waals surface area contributed by atoms with Crippen molar-refractivity contribution in [3.8, 4) is 34.5 Å². The van der Waals surface area contributed by atoms with Crippen LogP contribution >= 0.6 is 25.8 Å². The van der Waals surface area contributed by atoms with E-state index in [2.05, 4.69) is 241 Å². The number of benzene rings is 6. The van der Waals surface area contributed by atoms with E-state index in [1.165, 1.54) is 289 Å². The topological polar surface area (TPSA) is 83.1 Å². The zero-order valence-corrected chi connectivity index (χ0v) is 85.5. The third-order valence-corrected chi connectivity index (χ3v) is 28.3. The van der Waals surface area contributed by atoms with Gasteiger partial charge in [0, 0.05) is 22.6 Å². The van der Waals surface area contributed by atoms with E-state index in [-0.39, 0.29) is 28.1 Å². The van der Waals surface area contributed by atoms with Crippen LogP contribution in [0.3, 0.4) is 0 Å². The van der Waals surface area contributed by atoms with Gasteiger partial charge >= 0.3 is 25.8 Å². The second kappa shape index (κ2) is 62.6. The largest absolute Gasteiger partial charge is 0.530 e. The molecule has 0 aliphatic heterocycles. The van der Waals surface area contributed by atoms with Crippen LogP contribution in [0.2, 0.25) is 0 Å². The van der Waals surface area contributed by atoms with E-state index in [4.69, 9.17) is 40.7 Å². The van der Waals surface area contributed by atoms with Crippen LogP contribution in [0.15, 0.2) is 109 Å². The van der Waals surface area contributed by atoms with Crippen molar-refractivity contribution in [2.45, 2.75) is 474 Å². The molecule has 0 aliphatic rings.